The second-order valence-corrected chi connectivity index (χ2v) is 9.27. The Labute approximate surface area is 192 Å². The summed E-state index contributed by atoms with van der Waals surface area (Å²) >= 11 is 0. The van der Waals surface area contributed by atoms with E-state index in [4.69, 9.17) is 0 Å². The van der Waals surface area contributed by atoms with Crippen LogP contribution in [0, 0.1) is 0 Å². The molecule has 0 saturated carbocycles. The Morgan fingerprint density at radius 3 is 1.42 bits per heavy atom. The van der Waals surface area contributed by atoms with Gasteiger partial charge in [-0.25, -0.2) is 0 Å². The largest absolute Gasteiger partial charge is 0.340 e. The van der Waals surface area contributed by atoms with Crippen LogP contribution in [-0.2, 0) is 6.54 Å². The molecule has 1 heteroatoms. The van der Waals surface area contributed by atoms with Crippen molar-refractivity contribution in [1.82, 2.24) is 4.57 Å². The monoisotopic (exact) mass is 423 g/mol. The Morgan fingerprint density at radius 1 is 0.515 bits per heavy atom. The summed E-state index contributed by atoms with van der Waals surface area (Å²) in [7, 11) is 0. The predicted molar refractivity (Wildman–Crippen MR) is 144 cm³/mol. The normalized spacial score (nSPS) is 12.2. The van der Waals surface area contributed by atoms with Gasteiger partial charge in [0.15, 0.2) is 0 Å². The van der Waals surface area contributed by atoms with E-state index in [1.807, 2.05) is 0 Å². The average Bonchev–Trinajstić information content (AvgIpc) is 3.19. The maximum atomic E-state index is 2.55. The highest BCUT2D eigenvalue weighted by atomic mass is 15.0. The third-order valence-corrected chi connectivity index (χ3v) is 7.30. The lowest BCUT2D eigenvalue weighted by molar-refractivity contribution is 0.665. The van der Waals surface area contributed by atoms with Gasteiger partial charge in [-0.05, 0) is 85.9 Å². The molecule has 0 spiro atoms. The number of fused-ring (bicyclic) bond motifs is 9. The van der Waals surface area contributed by atoms with E-state index in [0.29, 0.717) is 0 Å². The van der Waals surface area contributed by atoms with Crippen LogP contribution in [-0.4, -0.2) is 4.57 Å². The van der Waals surface area contributed by atoms with Crippen molar-refractivity contribution in [2.75, 3.05) is 0 Å². The third kappa shape index (κ3) is 2.72. The third-order valence-electron chi connectivity index (χ3n) is 7.30. The van der Waals surface area contributed by atoms with Crippen LogP contribution in [0.1, 0.15) is 19.8 Å². The van der Waals surface area contributed by atoms with Gasteiger partial charge in [0.1, 0.15) is 0 Å². The molecule has 0 fully saturated rings. The highest BCUT2D eigenvalue weighted by Gasteiger charge is 2.16. The summed E-state index contributed by atoms with van der Waals surface area (Å²) in [5, 5.41) is 13.3. The minimum atomic E-state index is 1.05. The summed E-state index contributed by atoms with van der Waals surface area (Å²) in [4.78, 5) is 0. The molecule has 33 heavy (non-hydrogen) atoms. The van der Waals surface area contributed by atoms with E-state index in [1.54, 1.807) is 0 Å². The zero-order valence-electron chi connectivity index (χ0n) is 18.8. The minimum Gasteiger partial charge on any atom is -0.340 e. The molecule has 0 amide bonds. The van der Waals surface area contributed by atoms with Gasteiger partial charge < -0.3 is 4.57 Å². The van der Waals surface area contributed by atoms with Crippen molar-refractivity contribution in [1.29, 1.82) is 0 Å². The first-order valence-corrected chi connectivity index (χ1v) is 12.0. The standard InChI is InChI=1S/C32H25N/c1-2-3-16-33-29-14-12-25-17-21-8-4-6-10-23(21)19-27(25)31(29)32-28-20-24-11-7-5-9-22(24)18-26(28)13-15-30(32)33/h4-15,17-20H,2-3,16H2,1H3. The average molecular weight is 424 g/mol. The maximum Gasteiger partial charge on any atom is 0.0498 e. The Morgan fingerprint density at radius 2 is 0.970 bits per heavy atom. The summed E-state index contributed by atoms with van der Waals surface area (Å²) < 4.78 is 2.55. The molecular weight excluding hydrogens is 398 g/mol. The molecule has 0 aliphatic rings. The highest BCUT2D eigenvalue weighted by molar-refractivity contribution is 6.29. The number of hydrogen-bond donors (Lipinski definition) is 0. The Hall–Kier alpha value is -3.84. The van der Waals surface area contributed by atoms with E-state index in [1.165, 1.54) is 77.7 Å². The SMILES string of the molecule is CCCCn1c2ccc3cc4ccccc4cc3c2c2c3cc4ccccc4cc3ccc21. The zero-order valence-corrected chi connectivity index (χ0v) is 18.8. The number of rotatable bonds is 3. The topological polar surface area (TPSA) is 4.93 Å². The molecule has 1 nitrogen and oxygen atoms in total. The van der Waals surface area contributed by atoms with Gasteiger partial charge in [0, 0.05) is 28.4 Å². The molecule has 7 aromatic rings. The van der Waals surface area contributed by atoms with Gasteiger partial charge in [-0.3, -0.25) is 0 Å². The van der Waals surface area contributed by atoms with Crippen molar-refractivity contribution in [3.05, 3.63) is 97.1 Å². The fraction of sp³-hybridized carbons (Fsp3) is 0.125. The van der Waals surface area contributed by atoms with Crippen LogP contribution < -0.4 is 0 Å². The van der Waals surface area contributed by atoms with Gasteiger partial charge in [-0.15, -0.1) is 0 Å². The van der Waals surface area contributed by atoms with Crippen LogP contribution in [0.15, 0.2) is 97.1 Å². The van der Waals surface area contributed by atoms with E-state index < -0.39 is 0 Å². The lowest BCUT2D eigenvalue weighted by atomic mass is 9.96. The first-order valence-electron chi connectivity index (χ1n) is 12.0. The molecule has 0 unspecified atom stereocenters. The maximum absolute atomic E-state index is 2.55. The number of aromatic nitrogens is 1. The molecule has 0 saturated heterocycles. The fourth-order valence-corrected chi connectivity index (χ4v) is 5.67. The van der Waals surface area contributed by atoms with Crippen LogP contribution in [0.2, 0.25) is 0 Å². The van der Waals surface area contributed by atoms with Gasteiger partial charge in [0.2, 0.25) is 0 Å². The van der Waals surface area contributed by atoms with Gasteiger partial charge in [0.05, 0.1) is 0 Å². The summed E-state index contributed by atoms with van der Waals surface area (Å²) in [6.45, 7) is 3.33. The summed E-state index contributed by atoms with van der Waals surface area (Å²) in [6, 6.07) is 36.2. The second kappa shape index (κ2) is 7.08. The molecule has 6 aromatic carbocycles. The Kier molecular flexibility index (Phi) is 4.01. The van der Waals surface area contributed by atoms with E-state index >= 15 is 0 Å². The fourth-order valence-electron chi connectivity index (χ4n) is 5.67. The van der Waals surface area contributed by atoms with Crippen molar-refractivity contribution in [2.45, 2.75) is 26.3 Å². The number of nitrogens with zero attached hydrogens (tertiary/aromatic N) is 1. The van der Waals surface area contributed by atoms with Crippen LogP contribution >= 0.6 is 0 Å². The first kappa shape index (κ1) is 18.7. The van der Waals surface area contributed by atoms with Crippen molar-refractivity contribution in [3.63, 3.8) is 0 Å². The summed E-state index contributed by atoms with van der Waals surface area (Å²) in [5.74, 6) is 0. The van der Waals surface area contributed by atoms with Crippen molar-refractivity contribution >= 4 is 64.9 Å². The lowest BCUT2D eigenvalue weighted by Crippen LogP contribution is -1.97. The predicted octanol–water partition coefficient (Wildman–Crippen LogP) is 9.21. The van der Waals surface area contributed by atoms with Crippen molar-refractivity contribution in [2.24, 2.45) is 0 Å². The van der Waals surface area contributed by atoms with Crippen LogP contribution in [0.4, 0.5) is 0 Å². The number of aryl methyl sites for hydroxylation is 1. The Balaban J connectivity index is 1.72. The van der Waals surface area contributed by atoms with Gasteiger partial charge in [-0.1, -0.05) is 74.0 Å². The highest BCUT2D eigenvalue weighted by Crippen LogP contribution is 2.41. The lowest BCUT2D eigenvalue weighted by Gasteiger charge is -2.08. The summed E-state index contributed by atoms with van der Waals surface area (Å²) in [6.07, 6.45) is 2.38. The van der Waals surface area contributed by atoms with Gasteiger partial charge in [0.25, 0.3) is 0 Å². The molecule has 1 aromatic heterocycles. The molecule has 7 rings (SSSR count). The smallest absolute Gasteiger partial charge is 0.0498 e. The van der Waals surface area contributed by atoms with E-state index in [-0.39, 0.29) is 0 Å². The number of unbranched alkanes of at least 4 members (excludes halogenated alkanes) is 1. The van der Waals surface area contributed by atoms with Crippen molar-refractivity contribution < 1.29 is 0 Å². The number of hydrogen-bond acceptors (Lipinski definition) is 0. The molecule has 0 bridgehead atoms. The van der Waals surface area contributed by atoms with Crippen LogP contribution in [0.3, 0.4) is 0 Å². The molecule has 0 aliphatic carbocycles. The molecule has 1 heterocycles. The van der Waals surface area contributed by atoms with Gasteiger partial charge in [-0.2, -0.15) is 0 Å². The molecular formula is C32H25N. The minimum absolute atomic E-state index is 1.05. The molecule has 0 atom stereocenters. The first-order chi connectivity index (χ1) is 16.3. The summed E-state index contributed by atoms with van der Waals surface area (Å²) in [5.41, 5.74) is 2.70. The number of benzene rings is 6. The zero-order chi connectivity index (χ0) is 21.9. The van der Waals surface area contributed by atoms with Crippen molar-refractivity contribution in [3.8, 4) is 0 Å². The Bertz CT molecular complexity index is 1720. The molecule has 158 valence electrons. The van der Waals surface area contributed by atoms with Crippen LogP contribution in [0.25, 0.3) is 64.9 Å². The van der Waals surface area contributed by atoms with Crippen LogP contribution in [0.5, 0.6) is 0 Å². The van der Waals surface area contributed by atoms with E-state index in [0.717, 1.165) is 6.54 Å². The van der Waals surface area contributed by atoms with Gasteiger partial charge >= 0.3 is 0 Å². The molecule has 0 aliphatic heterocycles. The molecule has 0 N–H and O–H groups in total. The van der Waals surface area contributed by atoms with E-state index in [2.05, 4.69) is 109 Å². The molecule has 0 radical (unpaired) electrons. The quantitative estimate of drug-likeness (QED) is 0.250. The van der Waals surface area contributed by atoms with E-state index in [9.17, 15) is 0 Å². The second-order valence-electron chi connectivity index (χ2n) is 9.27.